The Morgan fingerprint density at radius 2 is 1.46 bits per heavy atom. The van der Waals surface area contributed by atoms with E-state index in [9.17, 15) is 5.11 Å². The lowest BCUT2D eigenvalue weighted by Gasteiger charge is -2.52. The van der Waals surface area contributed by atoms with Crippen molar-refractivity contribution in [1.82, 2.24) is 0 Å². The summed E-state index contributed by atoms with van der Waals surface area (Å²) in [6.07, 6.45) is 4.09. The average molecular weight is 229 g/mol. The molecule has 80 valence electrons. The standard InChI is InChI=1S/C8H16N2O.2ClH/c9-7-1-3-8(10,4-2-7)6(11)5-7;;/h6,11H,1-5,9-10H2;2*1H/t6-,7?,8?;;/m0../s1. The van der Waals surface area contributed by atoms with E-state index in [4.69, 9.17) is 11.5 Å². The maximum absolute atomic E-state index is 9.62. The van der Waals surface area contributed by atoms with Gasteiger partial charge in [0.1, 0.15) is 0 Å². The van der Waals surface area contributed by atoms with Gasteiger partial charge < -0.3 is 16.6 Å². The summed E-state index contributed by atoms with van der Waals surface area (Å²) < 4.78 is 0. The predicted molar refractivity (Wildman–Crippen MR) is 57.4 cm³/mol. The van der Waals surface area contributed by atoms with Gasteiger partial charge in [0.05, 0.1) is 6.10 Å². The SMILES string of the molecule is Cl.Cl.NC12CCC(N)(CC1)[C@@H](O)C2. The molecule has 3 nitrogen and oxygen atoms in total. The average Bonchev–Trinajstić information content (AvgIpc) is 1.94. The highest BCUT2D eigenvalue weighted by Crippen LogP contribution is 2.43. The smallest absolute Gasteiger partial charge is 0.0737 e. The van der Waals surface area contributed by atoms with Crippen LogP contribution in [0.15, 0.2) is 0 Å². The van der Waals surface area contributed by atoms with Crippen molar-refractivity contribution in [3.8, 4) is 0 Å². The minimum atomic E-state index is -0.366. The van der Waals surface area contributed by atoms with Crippen LogP contribution in [0, 0.1) is 0 Å². The van der Waals surface area contributed by atoms with E-state index in [0.717, 1.165) is 25.7 Å². The van der Waals surface area contributed by atoms with Gasteiger partial charge in [-0.1, -0.05) is 0 Å². The number of halogens is 2. The molecule has 5 heteroatoms. The fourth-order valence-electron chi connectivity index (χ4n) is 2.34. The van der Waals surface area contributed by atoms with Gasteiger partial charge in [0.25, 0.3) is 0 Å². The van der Waals surface area contributed by atoms with Gasteiger partial charge in [-0.3, -0.25) is 0 Å². The van der Waals surface area contributed by atoms with E-state index in [2.05, 4.69) is 0 Å². The summed E-state index contributed by atoms with van der Waals surface area (Å²) in [5.41, 5.74) is 11.6. The summed E-state index contributed by atoms with van der Waals surface area (Å²) in [5, 5.41) is 9.62. The van der Waals surface area contributed by atoms with Crippen molar-refractivity contribution in [2.75, 3.05) is 0 Å². The Balaban J connectivity index is 0.000000720. The lowest BCUT2D eigenvalue weighted by molar-refractivity contribution is -0.0307. The molecule has 0 amide bonds. The highest BCUT2D eigenvalue weighted by atomic mass is 35.5. The summed E-state index contributed by atoms with van der Waals surface area (Å²) in [5.74, 6) is 0. The Labute approximate surface area is 91.1 Å². The molecule has 0 heterocycles. The molecule has 3 saturated carbocycles. The Morgan fingerprint density at radius 3 is 1.77 bits per heavy atom. The third kappa shape index (κ3) is 2.10. The Kier molecular flexibility index (Phi) is 4.05. The molecule has 3 aliphatic carbocycles. The summed E-state index contributed by atoms with van der Waals surface area (Å²) in [4.78, 5) is 0. The van der Waals surface area contributed by atoms with Crippen molar-refractivity contribution in [2.45, 2.75) is 49.3 Å². The van der Waals surface area contributed by atoms with Crippen molar-refractivity contribution in [3.63, 3.8) is 0 Å². The molecular weight excluding hydrogens is 211 g/mol. The van der Waals surface area contributed by atoms with Crippen LogP contribution in [0.3, 0.4) is 0 Å². The van der Waals surface area contributed by atoms with Crippen LogP contribution in [0.4, 0.5) is 0 Å². The molecule has 0 aliphatic heterocycles. The molecule has 0 aromatic heterocycles. The lowest BCUT2D eigenvalue weighted by atomic mass is 9.61. The number of rotatable bonds is 0. The third-order valence-electron chi connectivity index (χ3n) is 3.44. The molecular formula is C8H18Cl2N2O. The Hall–Kier alpha value is 0.460. The number of aliphatic hydroxyl groups is 1. The molecule has 0 aromatic rings. The van der Waals surface area contributed by atoms with E-state index in [0.29, 0.717) is 6.42 Å². The number of aliphatic hydroxyl groups excluding tert-OH is 1. The third-order valence-corrected chi connectivity index (χ3v) is 3.44. The van der Waals surface area contributed by atoms with Crippen LogP contribution in [0.25, 0.3) is 0 Å². The van der Waals surface area contributed by atoms with Gasteiger partial charge in [-0.25, -0.2) is 0 Å². The first-order valence-corrected chi connectivity index (χ1v) is 4.30. The highest BCUT2D eigenvalue weighted by Gasteiger charge is 2.50. The van der Waals surface area contributed by atoms with Gasteiger partial charge in [0.2, 0.25) is 0 Å². The van der Waals surface area contributed by atoms with Gasteiger partial charge in [-0.2, -0.15) is 0 Å². The molecule has 2 bridgehead atoms. The number of hydrogen-bond donors (Lipinski definition) is 3. The van der Waals surface area contributed by atoms with Crippen molar-refractivity contribution in [3.05, 3.63) is 0 Å². The van der Waals surface area contributed by atoms with Crippen LogP contribution in [0.5, 0.6) is 0 Å². The lowest BCUT2D eigenvalue weighted by Crippen LogP contribution is -2.66. The van der Waals surface area contributed by atoms with Crippen LogP contribution in [0.1, 0.15) is 32.1 Å². The number of hydrogen-bond acceptors (Lipinski definition) is 3. The molecule has 3 rings (SSSR count). The van der Waals surface area contributed by atoms with E-state index in [1.165, 1.54) is 0 Å². The van der Waals surface area contributed by atoms with E-state index in [1.54, 1.807) is 0 Å². The first kappa shape index (κ1) is 13.5. The quantitative estimate of drug-likeness (QED) is 0.568. The van der Waals surface area contributed by atoms with Gasteiger partial charge in [-0.15, -0.1) is 24.8 Å². The van der Waals surface area contributed by atoms with Crippen LogP contribution in [0.2, 0.25) is 0 Å². The first-order valence-electron chi connectivity index (χ1n) is 4.30. The number of nitrogens with two attached hydrogens (primary N) is 2. The maximum atomic E-state index is 9.62. The molecule has 1 atom stereocenters. The van der Waals surface area contributed by atoms with E-state index in [1.807, 2.05) is 0 Å². The molecule has 0 spiro atoms. The van der Waals surface area contributed by atoms with Crippen molar-refractivity contribution >= 4 is 24.8 Å². The highest BCUT2D eigenvalue weighted by molar-refractivity contribution is 5.85. The van der Waals surface area contributed by atoms with E-state index < -0.39 is 0 Å². The van der Waals surface area contributed by atoms with Crippen LogP contribution in [-0.4, -0.2) is 22.3 Å². The van der Waals surface area contributed by atoms with Crippen molar-refractivity contribution in [1.29, 1.82) is 0 Å². The maximum Gasteiger partial charge on any atom is 0.0737 e. The second-order valence-corrected chi connectivity index (χ2v) is 4.32. The molecule has 0 radical (unpaired) electrons. The summed E-state index contributed by atoms with van der Waals surface area (Å²) in [6, 6.07) is 0. The zero-order valence-electron chi connectivity index (χ0n) is 7.53. The monoisotopic (exact) mass is 228 g/mol. The van der Waals surface area contributed by atoms with Crippen molar-refractivity contribution in [2.24, 2.45) is 11.5 Å². The molecule has 13 heavy (non-hydrogen) atoms. The topological polar surface area (TPSA) is 72.3 Å². The van der Waals surface area contributed by atoms with Crippen LogP contribution >= 0.6 is 24.8 Å². The van der Waals surface area contributed by atoms with Gasteiger partial charge in [0, 0.05) is 11.1 Å². The largest absolute Gasteiger partial charge is 0.391 e. The fraction of sp³-hybridized carbons (Fsp3) is 1.00. The molecule has 3 aliphatic rings. The second-order valence-electron chi connectivity index (χ2n) is 4.32. The van der Waals surface area contributed by atoms with Crippen LogP contribution in [-0.2, 0) is 0 Å². The van der Waals surface area contributed by atoms with Crippen LogP contribution < -0.4 is 11.5 Å². The van der Waals surface area contributed by atoms with E-state index >= 15 is 0 Å². The van der Waals surface area contributed by atoms with Gasteiger partial charge in [-0.05, 0) is 32.1 Å². The predicted octanol–water partition coefficient (Wildman–Crippen LogP) is 0.564. The minimum absolute atomic E-state index is 0. The Morgan fingerprint density at radius 1 is 1.00 bits per heavy atom. The Bertz CT molecular complexity index is 181. The fourth-order valence-corrected chi connectivity index (χ4v) is 2.34. The molecule has 5 N–H and O–H groups in total. The minimum Gasteiger partial charge on any atom is -0.391 e. The second kappa shape index (κ2) is 3.91. The zero-order chi connectivity index (χ0) is 8.11. The van der Waals surface area contributed by atoms with E-state index in [-0.39, 0.29) is 42.0 Å². The molecule has 0 aromatic carbocycles. The molecule has 3 fully saturated rings. The zero-order valence-corrected chi connectivity index (χ0v) is 9.16. The van der Waals surface area contributed by atoms with Gasteiger partial charge >= 0.3 is 0 Å². The molecule has 0 saturated heterocycles. The summed E-state index contributed by atoms with van der Waals surface area (Å²) in [6.45, 7) is 0. The van der Waals surface area contributed by atoms with Crippen molar-refractivity contribution < 1.29 is 5.11 Å². The van der Waals surface area contributed by atoms with Gasteiger partial charge in [0.15, 0.2) is 0 Å². The first-order chi connectivity index (χ1) is 5.04. The molecule has 0 unspecified atom stereocenters. The summed E-state index contributed by atoms with van der Waals surface area (Å²) in [7, 11) is 0. The normalized spacial score (nSPS) is 47.8. The summed E-state index contributed by atoms with van der Waals surface area (Å²) >= 11 is 0. The number of fused-ring (bicyclic) bond motifs is 3.